The van der Waals surface area contributed by atoms with E-state index in [9.17, 15) is 0 Å². The quantitative estimate of drug-likeness (QED) is 0.495. The Morgan fingerprint density at radius 3 is 2.62 bits per heavy atom. The van der Waals surface area contributed by atoms with Crippen LogP contribution in [0.5, 0.6) is 0 Å². The minimum absolute atomic E-state index is 0.00691. The minimum atomic E-state index is -0.0368. The summed E-state index contributed by atoms with van der Waals surface area (Å²) in [7, 11) is 0. The largest absolute Gasteiger partial charge is 0.467 e. The van der Waals surface area contributed by atoms with E-state index in [1.807, 2.05) is 54.7 Å². The topological polar surface area (TPSA) is 46.2 Å². The van der Waals surface area contributed by atoms with Crippen molar-refractivity contribution in [1.82, 2.24) is 19.8 Å². The summed E-state index contributed by atoms with van der Waals surface area (Å²) < 4.78 is 7.73. The van der Waals surface area contributed by atoms with E-state index in [0.29, 0.717) is 11.7 Å². The van der Waals surface area contributed by atoms with E-state index >= 15 is 0 Å². The number of nitrogens with one attached hydrogen (secondary N) is 1. The SMILES string of the molecule is S=C1N[C@@H](c2ccccn2)[C@H](c2ccn(-c3ccccc3)c2)N1Cc1ccco1. The van der Waals surface area contributed by atoms with Crippen molar-refractivity contribution in [2.75, 3.05) is 0 Å². The fraction of sp³-hybridized carbons (Fsp3) is 0.130. The van der Waals surface area contributed by atoms with Gasteiger partial charge < -0.3 is 19.2 Å². The van der Waals surface area contributed by atoms with Crippen LogP contribution >= 0.6 is 12.2 Å². The summed E-state index contributed by atoms with van der Waals surface area (Å²) in [4.78, 5) is 6.77. The highest BCUT2D eigenvalue weighted by Crippen LogP contribution is 2.39. The fourth-order valence-corrected chi connectivity index (χ4v) is 4.16. The van der Waals surface area contributed by atoms with Crippen LogP contribution in [-0.2, 0) is 6.54 Å². The lowest BCUT2D eigenvalue weighted by atomic mass is 9.99. The Kier molecular flexibility index (Phi) is 4.62. The lowest BCUT2D eigenvalue weighted by Crippen LogP contribution is -2.28. The van der Waals surface area contributed by atoms with Crippen molar-refractivity contribution in [3.63, 3.8) is 0 Å². The maximum atomic E-state index is 5.71. The molecular weight excluding hydrogens is 380 g/mol. The molecule has 1 saturated heterocycles. The molecule has 4 aromatic rings. The Balaban J connectivity index is 1.54. The van der Waals surface area contributed by atoms with E-state index in [1.54, 1.807) is 6.26 Å². The first-order chi connectivity index (χ1) is 14.3. The number of rotatable bonds is 5. The molecule has 0 radical (unpaired) electrons. The highest BCUT2D eigenvalue weighted by Gasteiger charge is 2.40. The third kappa shape index (κ3) is 3.43. The van der Waals surface area contributed by atoms with Crippen LogP contribution in [0.25, 0.3) is 5.69 Å². The van der Waals surface area contributed by atoms with Gasteiger partial charge in [0.25, 0.3) is 0 Å². The van der Waals surface area contributed by atoms with Gasteiger partial charge in [0, 0.05) is 24.3 Å². The number of hydrogen-bond acceptors (Lipinski definition) is 3. The van der Waals surface area contributed by atoms with Crippen LogP contribution in [-0.4, -0.2) is 19.6 Å². The van der Waals surface area contributed by atoms with Gasteiger partial charge in [-0.1, -0.05) is 24.3 Å². The number of benzene rings is 1. The predicted molar refractivity (Wildman–Crippen MR) is 115 cm³/mol. The van der Waals surface area contributed by atoms with Crippen molar-refractivity contribution in [3.05, 3.63) is 109 Å². The Hall–Kier alpha value is -3.38. The number of thiocarbonyl (C=S) groups is 1. The molecule has 1 aromatic carbocycles. The smallest absolute Gasteiger partial charge is 0.170 e. The normalized spacial score (nSPS) is 18.8. The second-order valence-electron chi connectivity index (χ2n) is 7.02. The third-order valence-electron chi connectivity index (χ3n) is 5.22. The van der Waals surface area contributed by atoms with E-state index in [-0.39, 0.29) is 12.1 Å². The first kappa shape index (κ1) is 17.7. The molecule has 144 valence electrons. The molecule has 0 saturated carbocycles. The Labute approximate surface area is 174 Å². The Morgan fingerprint density at radius 1 is 1.00 bits per heavy atom. The second kappa shape index (κ2) is 7.56. The first-order valence-electron chi connectivity index (χ1n) is 9.53. The third-order valence-corrected chi connectivity index (χ3v) is 5.57. The number of hydrogen-bond donors (Lipinski definition) is 1. The Bertz CT molecular complexity index is 1090. The van der Waals surface area contributed by atoms with Gasteiger partial charge in [-0.3, -0.25) is 4.98 Å². The van der Waals surface area contributed by atoms with Gasteiger partial charge in [0.1, 0.15) is 5.76 Å². The standard InChI is InChI=1S/C23H20N4OS/c29-23-25-21(20-10-4-5-12-24-20)22(27(23)16-19-9-6-14-28-19)17-11-13-26(15-17)18-7-2-1-3-8-18/h1-15,21-22H,16H2,(H,25,29)/t21-,22-/m0/s1. The van der Waals surface area contributed by atoms with Crippen molar-refractivity contribution in [2.45, 2.75) is 18.6 Å². The summed E-state index contributed by atoms with van der Waals surface area (Å²) in [6.45, 7) is 0.601. The van der Waals surface area contributed by atoms with Crippen LogP contribution in [0.3, 0.4) is 0 Å². The van der Waals surface area contributed by atoms with Gasteiger partial charge in [-0.2, -0.15) is 0 Å². The second-order valence-corrected chi connectivity index (χ2v) is 7.41. The molecule has 5 rings (SSSR count). The van der Waals surface area contributed by atoms with Gasteiger partial charge in [-0.15, -0.1) is 0 Å². The van der Waals surface area contributed by atoms with Crippen molar-refractivity contribution < 1.29 is 4.42 Å². The van der Waals surface area contributed by atoms with Crippen LogP contribution in [0.4, 0.5) is 0 Å². The maximum absolute atomic E-state index is 5.71. The highest BCUT2D eigenvalue weighted by atomic mass is 32.1. The Morgan fingerprint density at radius 2 is 1.86 bits per heavy atom. The van der Waals surface area contributed by atoms with Gasteiger partial charge in [0.05, 0.1) is 30.6 Å². The zero-order valence-electron chi connectivity index (χ0n) is 15.7. The summed E-state index contributed by atoms with van der Waals surface area (Å²) in [6, 6.07) is 22.3. The molecule has 0 amide bonds. The monoisotopic (exact) mass is 400 g/mol. The zero-order chi connectivity index (χ0) is 19.6. The van der Waals surface area contributed by atoms with E-state index in [0.717, 1.165) is 17.1 Å². The van der Waals surface area contributed by atoms with E-state index in [1.165, 1.54) is 5.56 Å². The van der Waals surface area contributed by atoms with Crippen LogP contribution in [0.15, 0.2) is 96.0 Å². The van der Waals surface area contributed by atoms with Gasteiger partial charge in [0.15, 0.2) is 5.11 Å². The van der Waals surface area contributed by atoms with Crippen LogP contribution in [0, 0.1) is 0 Å². The van der Waals surface area contributed by atoms with Crippen molar-refractivity contribution >= 4 is 17.3 Å². The molecule has 1 aliphatic heterocycles. The minimum Gasteiger partial charge on any atom is -0.467 e. The highest BCUT2D eigenvalue weighted by molar-refractivity contribution is 7.80. The number of aromatic nitrogens is 2. The van der Waals surface area contributed by atoms with E-state index in [4.69, 9.17) is 16.6 Å². The van der Waals surface area contributed by atoms with Crippen molar-refractivity contribution in [1.29, 1.82) is 0 Å². The van der Waals surface area contributed by atoms with E-state index < -0.39 is 0 Å². The predicted octanol–water partition coefficient (Wildman–Crippen LogP) is 4.64. The molecule has 6 heteroatoms. The lowest BCUT2D eigenvalue weighted by molar-refractivity contribution is 0.287. The molecule has 0 unspecified atom stereocenters. The molecule has 1 fully saturated rings. The van der Waals surface area contributed by atoms with Gasteiger partial charge >= 0.3 is 0 Å². The van der Waals surface area contributed by atoms with Gasteiger partial charge in [-0.25, -0.2) is 0 Å². The summed E-state index contributed by atoms with van der Waals surface area (Å²) in [5.41, 5.74) is 3.26. The molecule has 29 heavy (non-hydrogen) atoms. The number of nitrogens with zero attached hydrogens (tertiary/aromatic N) is 3. The van der Waals surface area contributed by atoms with Crippen LogP contribution < -0.4 is 5.32 Å². The molecule has 4 heterocycles. The zero-order valence-corrected chi connectivity index (χ0v) is 16.5. The molecule has 3 aromatic heterocycles. The fourth-order valence-electron chi connectivity index (χ4n) is 3.86. The van der Waals surface area contributed by atoms with Crippen LogP contribution in [0.2, 0.25) is 0 Å². The first-order valence-corrected chi connectivity index (χ1v) is 9.94. The molecule has 0 aliphatic carbocycles. The molecule has 0 spiro atoms. The summed E-state index contributed by atoms with van der Waals surface area (Å²) in [5, 5.41) is 4.18. The maximum Gasteiger partial charge on any atom is 0.170 e. The number of para-hydroxylation sites is 1. The molecule has 0 bridgehead atoms. The van der Waals surface area contributed by atoms with Crippen LogP contribution in [0.1, 0.15) is 29.1 Å². The molecule has 1 N–H and O–H groups in total. The average Bonchev–Trinajstić information content (AvgIpc) is 3.51. The molecule has 2 atom stereocenters. The number of pyridine rings is 1. The molecule has 1 aliphatic rings. The molecular formula is C23H20N4OS. The summed E-state index contributed by atoms with van der Waals surface area (Å²) in [5.74, 6) is 0.878. The lowest BCUT2D eigenvalue weighted by Gasteiger charge is -2.26. The summed E-state index contributed by atoms with van der Waals surface area (Å²) in [6.07, 6.45) is 7.77. The van der Waals surface area contributed by atoms with Gasteiger partial charge in [-0.05, 0) is 60.2 Å². The number of furan rings is 1. The average molecular weight is 401 g/mol. The van der Waals surface area contributed by atoms with Crippen molar-refractivity contribution in [2.24, 2.45) is 0 Å². The van der Waals surface area contributed by atoms with Crippen molar-refractivity contribution in [3.8, 4) is 5.69 Å². The van der Waals surface area contributed by atoms with E-state index in [2.05, 4.69) is 50.4 Å². The summed E-state index contributed by atoms with van der Waals surface area (Å²) >= 11 is 5.71. The molecule has 5 nitrogen and oxygen atoms in total. The van der Waals surface area contributed by atoms with Gasteiger partial charge in [0.2, 0.25) is 0 Å².